The standard InChI is InChI=1S/C4H6O2.C3H8O2/c1-2-3-4(5)6;1-3(5)2-4/h2H,1,3H2,(H,5,6);3-5H,2H2,1H3. The van der Waals surface area contributed by atoms with E-state index < -0.39 is 12.1 Å². The second kappa shape index (κ2) is 9.13. The quantitative estimate of drug-likeness (QED) is 0.511. The van der Waals surface area contributed by atoms with Crippen LogP contribution in [0.1, 0.15) is 13.3 Å². The molecule has 4 nitrogen and oxygen atoms in total. The van der Waals surface area contributed by atoms with Crippen LogP contribution in [0.4, 0.5) is 0 Å². The number of aliphatic carboxylic acids is 1. The summed E-state index contributed by atoms with van der Waals surface area (Å²) in [5.41, 5.74) is 0. The Morgan fingerprint density at radius 1 is 1.73 bits per heavy atom. The van der Waals surface area contributed by atoms with Crippen molar-refractivity contribution in [2.24, 2.45) is 0 Å². The summed E-state index contributed by atoms with van der Waals surface area (Å²) in [5.74, 6) is -0.829. The molecule has 66 valence electrons. The molecule has 1 atom stereocenters. The van der Waals surface area contributed by atoms with E-state index in [2.05, 4.69) is 6.58 Å². The van der Waals surface area contributed by atoms with Crippen molar-refractivity contribution in [2.45, 2.75) is 19.4 Å². The van der Waals surface area contributed by atoms with E-state index in [9.17, 15) is 4.79 Å². The average Bonchev–Trinajstić information content (AvgIpc) is 1.89. The fraction of sp³-hybridized carbons (Fsp3) is 0.571. The van der Waals surface area contributed by atoms with Crippen molar-refractivity contribution in [3.05, 3.63) is 12.7 Å². The van der Waals surface area contributed by atoms with Gasteiger partial charge in [0.1, 0.15) is 0 Å². The van der Waals surface area contributed by atoms with E-state index in [-0.39, 0.29) is 13.0 Å². The van der Waals surface area contributed by atoms with Gasteiger partial charge in [0, 0.05) is 0 Å². The molecular formula is C7H14O4. The largest absolute Gasteiger partial charge is 0.481 e. The van der Waals surface area contributed by atoms with Crippen LogP contribution in [-0.4, -0.2) is 34.0 Å². The number of carbonyl (C=O) groups is 1. The molecule has 3 N–H and O–H groups in total. The van der Waals surface area contributed by atoms with Gasteiger partial charge in [0.05, 0.1) is 19.1 Å². The molecule has 0 aromatic carbocycles. The third-order valence-electron chi connectivity index (χ3n) is 0.583. The maximum atomic E-state index is 9.53. The fourth-order valence-electron chi connectivity index (χ4n) is 0.123. The highest BCUT2D eigenvalue weighted by molar-refractivity contribution is 5.68. The van der Waals surface area contributed by atoms with Crippen LogP contribution in [0.2, 0.25) is 0 Å². The summed E-state index contributed by atoms with van der Waals surface area (Å²) in [6.45, 7) is 4.61. The Morgan fingerprint density at radius 3 is 2.09 bits per heavy atom. The molecule has 0 spiro atoms. The van der Waals surface area contributed by atoms with Gasteiger partial charge in [0.25, 0.3) is 0 Å². The van der Waals surface area contributed by atoms with E-state index in [0.717, 1.165) is 0 Å². The summed E-state index contributed by atoms with van der Waals surface area (Å²) in [6.07, 6.45) is 0.845. The Balaban J connectivity index is 0. The molecule has 0 radical (unpaired) electrons. The van der Waals surface area contributed by atoms with Crippen molar-refractivity contribution in [3.63, 3.8) is 0 Å². The Hall–Kier alpha value is -0.870. The van der Waals surface area contributed by atoms with Gasteiger partial charge < -0.3 is 15.3 Å². The second-order valence-electron chi connectivity index (χ2n) is 1.92. The van der Waals surface area contributed by atoms with E-state index in [1.807, 2.05) is 0 Å². The summed E-state index contributed by atoms with van der Waals surface area (Å²) < 4.78 is 0. The zero-order valence-electron chi connectivity index (χ0n) is 6.53. The molecule has 0 heterocycles. The van der Waals surface area contributed by atoms with Crippen molar-refractivity contribution in [2.75, 3.05) is 6.61 Å². The number of hydrogen-bond donors (Lipinski definition) is 3. The summed E-state index contributed by atoms with van der Waals surface area (Å²) in [5, 5.41) is 23.8. The Kier molecular flexibility index (Phi) is 10.6. The van der Waals surface area contributed by atoms with Gasteiger partial charge in [0.15, 0.2) is 0 Å². The van der Waals surface area contributed by atoms with Gasteiger partial charge >= 0.3 is 5.97 Å². The third-order valence-corrected chi connectivity index (χ3v) is 0.583. The number of carboxylic acids is 1. The van der Waals surface area contributed by atoms with Gasteiger partial charge in [0.2, 0.25) is 0 Å². The molecule has 0 rings (SSSR count). The van der Waals surface area contributed by atoms with E-state index in [1.165, 1.54) is 13.0 Å². The average molecular weight is 162 g/mol. The first-order valence-corrected chi connectivity index (χ1v) is 3.16. The molecule has 0 saturated carbocycles. The smallest absolute Gasteiger partial charge is 0.307 e. The first-order valence-electron chi connectivity index (χ1n) is 3.16. The molecule has 1 unspecified atom stereocenters. The maximum Gasteiger partial charge on any atom is 0.307 e. The number of hydrogen-bond acceptors (Lipinski definition) is 3. The monoisotopic (exact) mass is 162 g/mol. The van der Waals surface area contributed by atoms with Crippen molar-refractivity contribution in [1.29, 1.82) is 0 Å². The molecule has 4 heteroatoms. The summed E-state index contributed by atoms with van der Waals surface area (Å²) in [4.78, 5) is 9.53. The number of carboxylic acid groups (broad SMARTS) is 1. The lowest BCUT2D eigenvalue weighted by molar-refractivity contribution is -0.135. The van der Waals surface area contributed by atoms with Crippen LogP contribution >= 0.6 is 0 Å². The lowest BCUT2D eigenvalue weighted by atomic mass is 10.4. The molecule has 0 aliphatic rings. The maximum absolute atomic E-state index is 9.53. The van der Waals surface area contributed by atoms with Crippen LogP contribution in [0.5, 0.6) is 0 Å². The van der Waals surface area contributed by atoms with Crippen LogP contribution in [0.3, 0.4) is 0 Å². The predicted molar refractivity (Wildman–Crippen MR) is 41.2 cm³/mol. The Bertz CT molecular complexity index is 109. The van der Waals surface area contributed by atoms with Crippen LogP contribution in [0.25, 0.3) is 0 Å². The highest BCUT2D eigenvalue weighted by Crippen LogP contribution is 1.74. The molecule has 0 bridgehead atoms. The molecule has 0 aliphatic carbocycles. The first-order chi connectivity index (χ1) is 5.04. The van der Waals surface area contributed by atoms with Crippen molar-refractivity contribution in [3.8, 4) is 0 Å². The van der Waals surface area contributed by atoms with Crippen LogP contribution < -0.4 is 0 Å². The van der Waals surface area contributed by atoms with Gasteiger partial charge in [-0.25, -0.2) is 0 Å². The summed E-state index contributed by atoms with van der Waals surface area (Å²) in [7, 11) is 0. The van der Waals surface area contributed by atoms with E-state index in [4.69, 9.17) is 15.3 Å². The zero-order chi connectivity index (χ0) is 9.28. The predicted octanol–water partition coefficient (Wildman–Crippen LogP) is 0.00660. The van der Waals surface area contributed by atoms with Crippen LogP contribution in [0, 0.1) is 0 Å². The lowest BCUT2D eigenvalue weighted by Crippen LogP contribution is -2.03. The van der Waals surface area contributed by atoms with Crippen molar-refractivity contribution in [1.82, 2.24) is 0 Å². The molecule has 0 amide bonds. The molecular weight excluding hydrogens is 148 g/mol. The zero-order valence-corrected chi connectivity index (χ0v) is 6.53. The van der Waals surface area contributed by atoms with Crippen molar-refractivity contribution >= 4 is 5.97 Å². The minimum atomic E-state index is -0.829. The highest BCUT2D eigenvalue weighted by Gasteiger charge is 1.84. The van der Waals surface area contributed by atoms with E-state index in [0.29, 0.717) is 0 Å². The van der Waals surface area contributed by atoms with Crippen LogP contribution in [0.15, 0.2) is 12.7 Å². The lowest BCUT2D eigenvalue weighted by Gasteiger charge is -1.90. The molecule has 0 aliphatic heterocycles. The number of aliphatic hydroxyl groups is 2. The summed E-state index contributed by atoms with van der Waals surface area (Å²) in [6, 6.07) is 0. The molecule has 0 saturated heterocycles. The van der Waals surface area contributed by atoms with E-state index in [1.54, 1.807) is 0 Å². The van der Waals surface area contributed by atoms with Gasteiger partial charge in [-0.15, -0.1) is 6.58 Å². The molecule has 0 aromatic rings. The third kappa shape index (κ3) is 27.2. The van der Waals surface area contributed by atoms with Gasteiger partial charge in [-0.2, -0.15) is 0 Å². The van der Waals surface area contributed by atoms with Crippen molar-refractivity contribution < 1.29 is 20.1 Å². The first kappa shape index (κ1) is 12.8. The highest BCUT2D eigenvalue weighted by atomic mass is 16.4. The fourth-order valence-corrected chi connectivity index (χ4v) is 0.123. The van der Waals surface area contributed by atoms with Gasteiger partial charge in [-0.3, -0.25) is 4.79 Å². The molecule has 0 aromatic heterocycles. The Morgan fingerprint density at radius 2 is 2.09 bits per heavy atom. The number of aliphatic hydroxyl groups excluding tert-OH is 2. The summed E-state index contributed by atoms with van der Waals surface area (Å²) >= 11 is 0. The van der Waals surface area contributed by atoms with Gasteiger partial charge in [-0.1, -0.05) is 6.08 Å². The normalized spacial score (nSPS) is 10.8. The van der Waals surface area contributed by atoms with Crippen LogP contribution in [-0.2, 0) is 4.79 Å². The number of rotatable bonds is 3. The Labute approximate surface area is 65.8 Å². The molecule has 11 heavy (non-hydrogen) atoms. The second-order valence-corrected chi connectivity index (χ2v) is 1.92. The van der Waals surface area contributed by atoms with Gasteiger partial charge in [-0.05, 0) is 6.92 Å². The minimum absolute atomic E-state index is 0.0556. The SMILES string of the molecule is C=CCC(=O)O.CC(O)CO. The minimum Gasteiger partial charge on any atom is -0.481 e. The van der Waals surface area contributed by atoms with E-state index >= 15 is 0 Å². The topological polar surface area (TPSA) is 77.8 Å². The molecule has 0 fully saturated rings.